The van der Waals surface area contributed by atoms with Gasteiger partial charge in [0, 0.05) is 12.1 Å². The molecule has 1 aliphatic carbocycles. The van der Waals surface area contributed by atoms with E-state index in [2.05, 4.69) is 43.4 Å². The first-order chi connectivity index (χ1) is 11.2. The van der Waals surface area contributed by atoms with Crippen molar-refractivity contribution in [1.29, 1.82) is 0 Å². The van der Waals surface area contributed by atoms with Gasteiger partial charge in [0.25, 0.3) is 0 Å². The average Bonchev–Trinajstić information content (AvgIpc) is 2.57. The molecular formula is C20H34N2O. The minimum absolute atomic E-state index is 0.188. The van der Waals surface area contributed by atoms with Gasteiger partial charge in [-0.2, -0.15) is 0 Å². The predicted molar refractivity (Wildman–Crippen MR) is 97.9 cm³/mol. The van der Waals surface area contributed by atoms with Crippen molar-refractivity contribution in [3.8, 4) is 0 Å². The number of nitrogens with one attached hydrogen (secondary N) is 1. The van der Waals surface area contributed by atoms with E-state index in [0.29, 0.717) is 12.0 Å². The highest BCUT2D eigenvalue weighted by Crippen LogP contribution is 2.35. The molecule has 3 nitrogen and oxygen atoms in total. The molecule has 1 aromatic carbocycles. The fraction of sp³-hybridized carbons (Fsp3) is 0.700. The lowest BCUT2D eigenvalue weighted by Gasteiger charge is -2.31. The molecule has 1 fully saturated rings. The van der Waals surface area contributed by atoms with Crippen molar-refractivity contribution in [2.45, 2.75) is 76.5 Å². The van der Waals surface area contributed by atoms with Crippen LogP contribution in [0.3, 0.4) is 0 Å². The van der Waals surface area contributed by atoms with Crippen LogP contribution >= 0.6 is 0 Å². The lowest BCUT2D eigenvalue weighted by Crippen LogP contribution is -2.47. The van der Waals surface area contributed by atoms with Crippen LogP contribution in [0, 0.1) is 6.92 Å². The molecule has 0 heterocycles. The van der Waals surface area contributed by atoms with Crippen LogP contribution in [0.25, 0.3) is 0 Å². The molecule has 1 aliphatic rings. The topological polar surface area (TPSA) is 47.3 Å². The van der Waals surface area contributed by atoms with Gasteiger partial charge >= 0.3 is 0 Å². The minimum Gasteiger partial charge on any atom is -0.377 e. The van der Waals surface area contributed by atoms with Crippen molar-refractivity contribution in [2.75, 3.05) is 13.7 Å². The number of nitrogens with two attached hydrogens (primary N) is 1. The molecule has 0 bridgehead atoms. The van der Waals surface area contributed by atoms with Gasteiger partial charge < -0.3 is 15.8 Å². The second-order valence-corrected chi connectivity index (χ2v) is 7.01. The molecule has 23 heavy (non-hydrogen) atoms. The first kappa shape index (κ1) is 18.4. The number of hydrogen-bond acceptors (Lipinski definition) is 3. The Kier molecular flexibility index (Phi) is 7.54. The van der Waals surface area contributed by atoms with E-state index in [0.717, 1.165) is 19.4 Å². The quantitative estimate of drug-likeness (QED) is 0.767. The predicted octanol–water partition coefficient (Wildman–Crippen LogP) is 3.75. The van der Waals surface area contributed by atoms with Crippen molar-refractivity contribution in [3.63, 3.8) is 0 Å². The molecule has 0 saturated heterocycles. The highest BCUT2D eigenvalue weighted by molar-refractivity contribution is 5.29. The summed E-state index contributed by atoms with van der Waals surface area (Å²) >= 11 is 0. The summed E-state index contributed by atoms with van der Waals surface area (Å²) in [6, 6.07) is 9.27. The Bertz CT molecular complexity index is 455. The molecule has 0 amide bonds. The van der Waals surface area contributed by atoms with Crippen LogP contribution in [0.4, 0.5) is 0 Å². The van der Waals surface area contributed by atoms with Gasteiger partial charge in [0.1, 0.15) is 0 Å². The summed E-state index contributed by atoms with van der Waals surface area (Å²) in [5.74, 6) is 0.707. The summed E-state index contributed by atoms with van der Waals surface area (Å²) in [6.45, 7) is 5.14. The number of hydrogen-bond donors (Lipinski definition) is 2. The van der Waals surface area contributed by atoms with Gasteiger partial charge in [-0.05, 0) is 63.1 Å². The monoisotopic (exact) mass is 318 g/mol. The Labute approximate surface area is 142 Å². The average molecular weight is 319 g/mol. The SMILES string of the molecule is CCC[C@H](N)[C@H](COC1CCC(c2ccccc2C)CC1)NC. The number of ether oxygens (including phenoxy) is 1. The van der Waals surface area contributed by atoms with Gasteiger partial charge in [-0.1, -0.05) is 37.6 Å². The van der Waals surface area contributed by atoms with Gasteiger partial charge in [0.2, 0.25) is 0 Å². The van der Waals surface area contributed by atoms with Crippen LogP contribution in [-0.2, 0) is 4.74 Å². The van der Waals surface area contributed by atoms with Crippen molar-refractivity contribution in [2.24, 2.45) is 5.73 Å². The first-order valence-corrected chi connectivity index (χ1v) is 9.25. The summed E-state index contributed by atoms with van der Waals surface area (Å²) in [6.07, 6.45) is 7.38. The molecule has 0 unspecified atom stereocenters. The summed E-state index contributed by atoms with van der Waals surface area (Å²) < 4.78 is 6.18. The number of benzene rings is 1. The fourth-order valence-electron chi connectivity index (χ4n) is 3.78. The Balaban J connectivity index is 1.77. The molecule has 3 heteroatoms. The van der Waals surface area contributed by atoms with E-state index < -0.39 is 0 Å². The Morgan fingerprint density at radius 2 is 1.91 bits per heavy atom. The summed E-state index contributed by atoms with van der Waals surface area (Å²) in [5, 5.41) is 3.32. The first-order valence-electron chi connectivity index (χ1n) is 9.25. The number of likely N-dealkylation sites (N-methyl/N-ethyl adjacent to an activating group) is 1. The maximum Gasteiger partial charge on any atom is 0.0638 e. The van der Waals surface area contributed by atoms with Crippen molar-refractivity contribution in [3.05, 3.63) is 35.4 Å². The van der Waals surface area contributed by atoms with Gasteiger partial charge in [-0.3, -0.25) is 0 Å². The molecule has 130 valence electrons. The van der Waals surface area contributed by atoms with Gasteiger partial charge in [0.05, 0.1) is 12.7 Å². The van der Waals surface area contributed by atoms with Crippen LogP contribution < -0.4 is 11.1 Å². The van der Waals surface area contributed by atoms with E-state index in [-0.39, 0.29) is 12.1 Å². The van der Waals surface area contributed by atoms with Crippen LogP contribution in [0.15, 0.2) is 24.3 Å². The van der Waals surface area contributed by atoms with E-state index in [1.165, 1.54) is 36.8 Å². The van der Waals surface area contributed by atoms with E-state index in [4.69, 9.17) is 10.5 Å². The van der Waals surface area contributed by atoms with Gasteiger partial charge in [-0.15, -0.1) is 0 Å². The maximum absolute atomic E-state index is 6.23. The van der Waals surface area contributed by atoms with Crippen molar-refractivity contribution < 1.29 is 4.74 Å². The highest BCUT2D eigenvalue weighted by Gasteiger charge is 2.25. The lowest BCUT2D eigenvalue weighted by molar-refractivity contribution is 0.00972. The smallest absolute Gasteiger partial charge is 0.0638 e. The fourth-order valence-corrected chi connectivity index (χ4v) is 3.78. The molecule has 0 aliphatic heterocycles. The van der Waals surface area contributed by atoms with E-state index in [1.54, 1.807) is 0 Å². The van der Waals surface area contributed by atoms with Crippen LogP contribution in [-0.4, -0.2) is 31.8 Å². The molecule has 0 spiro atoms. The third-order valence-electron chi connectivity index (χ3n) is 5.32. The molecule has 2 atom stereocenters. The second-order valence-electron chi connectivity index (χ2n) is 7.01. The van der Waals surface area contributed by atoms with Crippen molar-refractivity contribution in [1.82, 2.24) is 5.32 Å². The Morgan fingerprint density at radius 3 is 2.52 bits per heavy atom. The van der Waals surface area contributed by atoms with Gasteiger partial charge in [0.15, 0.2) is 0 Å². The van der Waals surface area contributed by atoms with E-state index in [9.17, 15) is 0 Å². The highest BCUT2D eigenvalue weighted by atomic mass is 16.5. The molecule has 0 aromatic heterocycles. The summed E-state index contributed by atoms with van der Waals surface area (Å²) in [7, 11) is 1.98. The Morgan fingerprint density at radius 1 is 1.22 bits per heavy atom. The Hall–Kier alpha value is -0.900. The molecule has 2 rings (SSSR count). The molecule has 1 saturated carbocycles. The zero-order chi connectivity index (χ0) is 16.7. The summed E-state index contributed by atoms with van der Waals surface area (Å²) in [4.78, 5) is 0. The third kappa shape index (κ3) is 5.30. The van der Waals surface area contributed by atoms with E-state index in [1.807, 2.05) is 7.05 Å². The standard InChI is InChI=1S/C20H34N2O/c1-4-7-19(21)20(22-3)14-23-17-12-10-16(11-13-17)18-9-6-5-8-15(18)2/h5-6,8-9,16-17,19-20,22H,4,7,10-14,21H2,1-3H3/t16?,17?,19-,20-/m0/s1. The van der Waals surface area contributed by atoms with Crippen LogP contribution in [0.1, 0.15) is 62.5 Å². The van der Waals surface area contributed by atoms with E-state index >= 15 is 0 Å². The minimum atomic E-state index is 0.188. The van der Waals surface area contributed by atoms with Gasteiger partial charge in [-0.25, -0.2) is 0 Å². The maximum atomic E-state index is 6.23. The molecule has 1 aromatic rings. The molecule has 0 radical (unpaired) electrons. The summed E-state index contributed by atoms with van der Waals surface area (Å²) in [5.41, 5.74) is 9.19. The number of rotatable bonds is 8. The van der Waals surface area contributed by atoms with Crippen LogP contribution in [0.5, 0.6) is 0 Å². The third-order valence-corrected chi connectivity index (χ3v) is 5.32. The second kappa shape index (κ2) is 9.41. The largest absolute Gasteiger partial charge is 0.377 e. The van der Waals surface area contributed by atoms with Crippen molar-refractivity contribution >= 4 is 0 Å². The normalized spacial score (nSPS) is 24.3. The lowest BCUT2D eigenvalue weighted by atomic mass is 9.81. The molecular weight excluding hydrogens is 284 g/mol. The zero-order valence-electron chi connectivity index (χ0n) is 15.1. The van der Waals surface area contributed by atoms with Crippen LogP contribution in [0.2, 0.25) is 0 Å². The molecule has 3 N–H and O–H groups in total. The number of aryl methyl sites for hydroxylation is 1. The zero-order valence-corrected chi connectivity index (χ0v) is 15.1.